The number of anilines is 1. The molecule has 1 aliphatic rings. The number of carbonyl (C=O) groups is 4. The minimum atomic E-state index is -1.30. The molecule has 0 spiro atoms. The van der Waals surface area contributed by atoms with Crippen molar-refractivity contribution in [3.05, 3.63) is 40.6 Å². The zero-order chi connectivity index (χ0) is 25.4. The van der Waals surface area contributed by atoms with Gasteiger partial charge in [-0.25, -0.2) is 0 Å². The second kappa shape index (κ2) is 12.3. The van der Waals surface area contributed by atoms with Crippen molar-refractivity contribution in [3.63, 3.8) is 0 Å². The Hall–Kier alpha value is -3.17. The molecule has 14 heteroatoms. The molecule has 0 saturated heterocycles. The van der Waals surface area contributed by atoms with Gasteiger partial charge in [0.05, 0.1) is 17.0 Å². The van der Waals surface area contributed by atoms with Crippen molar-refractivity contribution in [1.29, 1.82) is 0 Å². The maximum atomic E-state index is 12.5. The number of benzene rings is 1. The maximum Gasteiger partial charge on any atom is 0.322 e. The highest BCUT2D eigenvalue weighted by atomic mass is 32.2. The Labute approximate surface area is 198 Å². The van der Waals surface area contributed by atoms with Crippen LogP contribution in [0, 0.1) is 5.21 Å². The lowest BCUT2D eigenvalue weighted by molar-refractivity contribution is -0.139. The summed E-state index contributed by atoms with van der Waals surface area (Å²) in [6.07, 6.45) is 1.48. The van der Waals surface area contributed by atoms with Crippen molar-refractivity contribution in [2.24, 2.45) is 5.73 Å². The fraction of sp³-hybridized carbons (Fsp3) is 0.400. The summed E-state index contributed by atoms with van der Waals surface area (Å²) in [5.74, 6) is -4.23. The molecule has 1 aromatic carbocycles. The molecule has 0 saturated carbocycles. The van der Waals surface area contributed by atoms with E-state index in [1.54, 1.807) is 18.2 Å². The van der Waals surface area contributed by atoms with E-state index < -0.39 is 53.7 Å². The van der Waals surface area contributed by atoms with Crippen LogP contribution < -0.4 is 21.6 Å². The molecule has 2 amide bonds. The zero-order valence-electron chi connectivity index (χ0n) is 17.8. The summed E-state index contributed by atoms with van der Waals surface area (Å²) in [7, 11) is 0. The molecule has 0 radical (unpaired) electrons. The summed E-state index contributed by atoms with van der Waals surface area (Å²) < 4.78 is 0. The number of aliphatic carboxylic acids is 2. The normalized spacial score (nSPS) is 18.4. The van der Waals surface area contributed by atoms with Gasteiger partial charge in [-0.3, -0.25) is 24.4 Å². The van der Waals surface area contributed by atoms with Crippen molar-refractivity contribution in [2.75, 3.05) is 17.5 Å². The monoisotopic (exact) mass is 497 g/mol. The van der Waals surface area contributed by atoms with Gasteiger partial charge in [-0.1, -0.05) is 24.3 Å². The van der Waals surface area contributed by atoms with Gasteiger partial charge >= 0.3 is 11.9 Å². The summed E-state index contributed by atoms with van der Waals surface area (Å²) in [5.41, 5.74) is 6.17. The highest BCUT2D eigenvalue weighted by Gasteiger charge is 2.31. The molecule has 1 aromatic rings. The lowest BCUT2D eigenvalue weighted by Gasteiger charge is -2.33. The highest BCUT2D eigenvalue weighted by Crippen LogP contribution is 2.43. The third-order valence-corrected chi connectivity index (χ3v) is 6.30. The Morgan fingerprint density at radius 2 is 1.94 bits per heavy atom. The van der Waals surface area contributed by atoms with E-state index in [2.05, 4.69) is 10.6 Å². The van der Waals surface area contributed by atoms with Crippen LogP contribution in [-0.2, 0) is 19.2 Å². The summed E-state index contributed by atoms with van der Waals surface area (Å²) >= 11 is 1.00. The largest absolute Gasteiger partial charge is 0.733 e. The minimum absolute atomic E-state index is 0.100. The van der Waals surface area contributed by atoms with Gasteiger partial charge in [-0.2, -0.15) is 0 Å². The van der Waals surface area contributed by atoms with Crippen molar-refractivity contribution in [2.45, 2.75) is 36.3 Å². The predicted molar refractivity (Wildman–Crippen MR) is 122 cm³/mol. The number of nitrogens with zero attached hydrogens (tertiary/aromatic N) is 1. The second-order valence-corrected chi connectivity index (χ2v) is 8.55. The van der Waals surface area contributed by atoms with Gasteiger partial charge < -0.3 is 42.1 Å². The van der Waals surface area contributed by atoms with Gasteiger partial charge in [0.25, 0.3) is 0 Å². The van der Waals surface area contributed by atoms with Crippen LogP contribution in [0.4, 0.5) is 5.69 Å². The lowest BCUT2D eigenvalue weighted by atomic mass is 9.93. The Balaban J connectivity index is 2.17. The first-order valence-corrected chi connectivity index (χ1v) is 11.1. The maximum absolute atomic E-state index is 12.5. The number of thioether (sulfide) groups is 1. The molecule has 186 valence electrons. The van der Waals surface area contributed by atoms with Crippen LogP contribution in [-0.4, -0.2) is 74.8 Å². The number of hydrogen-bond donors (Lipinski definition) is 7. The van der Waals surface area contributed by atoms with Gasteiger partial charge in [-0.05, 0) is 23.6 Å². The van der Waals surface area contributed by atoms with Crippen LogP contribution in [0.1, 0.15) is 29.2 Å². The zero-order valence-corrected chi connectivity index (χ0v) is 18.6. The number of nitrogens with one attached hydrogen (secondary N) is 2. The number of carboxylic acid groups (broad SMARTS) is 2. The molecule has 4 unspecified atom stereocenters. The number of amides is 2. The van der Waals surface area contributed by atoms with Crippen LogP contribution in [0.15, 0.2) is 24.3 Å². The van der Waals surface area contributed by atoms with E-state index in [0.29, 0.717) is 11.1 Å². The fourth-order valence-electron chi connectivity index (χ4n) is 3.19. The van der Waals surface area contributed by atoms with E-state index in [1.165, 1.54) is 12.1 Å². The molecule has 8 N–H and O–H groups in total. The SMILES string of the molecule is NC(CCC(=O)NC(CSC1c2c(cccc2N([O-])O)C=CC1O)C(=O)NCC(=O)O)C(=O)O. The van der Waals surface area contributed by atoms with E-state index in [0.717, 1.165) is 11.8 Å². The molecule has 4 atom stereocenters. The third-order valence-electron chi connectivity index (χ3n) is 4.90. The Kier molecular flexibility index (Phi) is 9.83. The van der Waals surface area contributed by atoms with Crippen LogP contribution in [0.2, 0.25) is 0 Å². The van der Waals surface area contributed by atoms with E-state index in [-0.39, 0.29) is 29.5 Å². The van der Waals surface area contributed by atoms with Crippen molar-refractivity contribution < 1.29 is 39.7 Å². The Bertz CT molecular complexity index is 956. The van der Waals surface area contributed by atoms with Crippen LogP contribution in [0.3, 0.4) is 0 Å². The Morgan fingerprint density at radius 3 is 2.56 bits per heavy atom. The van der Waals surface area contributed by atoms with Crippen LogP contribution in [0.5, 0.6) is 0 Å². The molecule has 0 heterocycles. The molecule has 0 bridgehead atoms. The smallest absolute Gasteiger partial charge is 0.322 e. The summed E-state index contributed by atoms with van der Waals surface area (Å²) in [6, 6.07) is 2.05. The molecular formula is C20H25N4O9S-. The number of fused-ring (bicyclic) bond motifs is 1. The van der Waals surface area contributed by atoms with Gasteiger partial charge in [0, 0.05) is 12.2 Å². The van der Waals surface area contributed by atoms with E-state index in [4.69, 9.17) is 15.9 Å². The van der Waals surface area contributed by atoms with Gasteiger partial charge in [0.1, 0.15) is 18.6 Å². The minimum Gasteiger partial charge on any atom is -0.733 e. The Morgan fingerprint density at radius 1 is 1.24 bits per heavy atom. The summed E-state index contributed by atoms with van der Waals surface area (Å²) in [4.78, 5) is 46.4. The quantitative estimate of drug-likeness (QED) is 0.180. The number of aliphatic hydroxyl groups is 1. The van der Waals surface area contributed by atoms with E-state index in [1.807, 2.05) is 0 Å². The first kappa shape index (κ1) is 27.1. The molecule has 0 aromatic heterocycles. The molecular weight excluding hydrogens is 472 g/mol. The molecule has 1 aliphatic carbocycles. The van der Waals surface area contributed by atoms with E-state index >= 15 is 0 Å². The third kappa shape index (κ3) is 7.43. The number of nitrogens with two attached hydrogens (primary N) is 1. The second-order valence-electron chi connectivity index (χ2n) is 7.37. The van der Waals surface area contributed by atoms with Crippen molar-refractivity contribution >= 4 is 47.3 Å². The highest BCUT2D eigenvalue weighted by molar-refractivity contribution is 7.99. The molecule has 0 aliphatic heterocycles. The van der Waals surface area contributed by atoms with Gasteiger partial charge in [0.2, 0.25) is 11.8 Å². The fourth-order valence-corrected chi connectivity index (χ4v) is 4.54. The molecule has 34 heavy (non-hydrogen) atoms. The van der Waals surface area contributed by atoms with Crippen LogP contribution in [0.25, 0.3) is 6.08 Å². The number of rotatable bonds is 12. The standard InChI is InChI=1S/C20H25N4O9S/c21-11(20(30)31)5-7-15(26)23-12(19(29)22-8-16(27)28)9-34-18-14(25)6-4-10-2-1-3-13(17(10)18)24(32)33/h1-4,6,11-12,14,18,25,32H,5,7-9,21H2,(H,22,29)(H,23,26)(H,27,28)(H,30,31)/q-1. The number of carboxylic acids is 2. The average Bonchev–Trinajstić information content (AvgIpc) is 2.78. The van der Waals surface area contributed by atoms with Crippen molar-refractivity contribution in [3.8, 4) is 0 Å². The molecule has 0 fully saturated rings. The number of aliphatic hydroxyl groups excluding tert-OH is 1. The van der Waals surface area contributed by atoms with Crippen molar-refractivity contribution in [1.82, 2.24) is 10.6 Å². The van der Waals surface area contributed by atoms with Crippen LogP contribution >= 0.6 is 11.8 Å². The molecule has 13 nitrogen and oxygen atoms in total. The number of carbonyl (C=O) groups excluding carboxylic acids is 2. The van der Waals surface area contributed by atoms with E-state index in [9.17, 15) is 34.7 Å². The summed E-state index contributed by atoms with van der Waals surface area (Å²) in [5, 5.41) is 52.6. The van der Waals surface area contributed by atoms with Gasteiger partial charge in [0.15, 0.2) is 0 Å². The predicted octanol–water partition coefficient (Wildman–Crippen LogP) is -0.580. The summed E-state index contributed by atoms with van der Waals surface area (Å²) in [6.45, 7) is -0.697. The van der Waals surface area contributed by atoms with Gasteiger partial charge in [-0.15, -0.1) is 11.8 Å². The molecule has 2 rings (SSSR count). The number of hydrogen-bond acceptors (Lipinski definition) is 10. The average molecular weight is 498 g/mol. The first-order chi connectivity index (χ1) is 16.0. The topological polar surface area (TPSA) is 226 Å². The lowest BCUT2D eigenvalue weighted by Crippen LogP contribution is -2.49. The first-order valence-electron chi connectivity index (χ1n) is 10.1.